The van der Waals surface area contributed by atoms with Gasteiger partial charge in [-0.05, 0) is 43.0 Å². The van der Waals surface area contributed by atoms with E-state index in [4.69, 9.17) is 0 Å². The van der Waals surface area contributed by atoms with Crippen molar-refractivity contribution in [1.82, 2.24) is 4.90 Å². The number of phenolic OH excluding ortho intramolecular Hbond substituents is 1. The number of fused-ring (bicyclic) bond motifs is 3. The van der Waals surface area contributed by atoms with Gasteiger partial charge in [-0.2, -0.15) is 0 Å². The number of hydrogen-bond donors (Lipinski definition) is 1. The molecule has 2 nitrogen and oxygen atoms in total. The molecule has 0 radical (unpaired) electrons. The molecule has 1 aliphatic heterocycles. The first-order valence-corrected chi connectivity index (χ1v) is 5.75. The number of benzene rings is 1. The standard InChI is InChI=1S/C13H17NO.BrH/c1-14-7-9-5-6-11-10(12(9)8-14)3-2-4-13(11)15;/h2-4,9,12,15H,5-8H2,1H3;1H. The summed E-state index contributed by atoms with van der Waals surface area (Å²) in [6, 6.07) is 6.00. The first-order valence-electron chi connectivity index (χ1n) is 5.75. The second kappa shape index (κ2) is 4.38. The zero-order valence-electron chi connectivity index (χ0n) is 9.52. The van der Waals surface area contributed by atoms with Gasteiger partial charge in [0.1, 0.15) is 5.75 Å². The normalized spacial score (nSPS) is 28.1. The molecule has 1 aliphatic carbocycles. The average Bonchev–Trinajstić information content (AvgIpc) is 2.59. The number of likely N-dealkylation sites (tertiary alicyclic amines) is 1. The Hall–Kier alpha value is -0.540. The average molecular weight is 284 g/mol. The van der Waals surface area contributed by atoms with Crippen molar-refractivity contribution in [3.8, 4) is 5.75 Å². The number of likely N-dealkylation sites (N-methyl/N-ethyl adjacent to an activating group) is 1. The highest BCUT2D eigenvalue weighted by Gasteiger charge is 2.36. The van der Waals surface area contributed by atoms with Crippen molar-refractivity contribution in [2.24, 2.45) is 5.92 Å². The molecule has 0 spiro atoms. The van der Waals surface area contributed by atoms with Crippen LogP contribution in [0.4, 0.5) is 0 Å². The van der Waals surface area contributed by atoms with Crippen LogP contribution < -0.4 is 0 Å². The Morgan fingerprint density at radius 1 is 1.31 bits per heavy atom. The Balaban J connectivity index is 0.000000963. The number of aromatic hydroxyl groups is 1. The van der Waals surface area contributed by atoms with Crippen molar-refractivity contribution >= 4 is 17.0 Å². The predicted molar refractivity (Wildman–Crippen MR) is 70.5 cm³/mol. The smallest absolute Gasteiger partial charge is 0.119 e. The highest BCUT2D eigenvalue weighted by atomic mass is 79.9. The van der Waals surface area contributed by atoms with Crippen LogP contribution in [0.25, 0.3) is 0 Å². The minimum absolute atomic E-state index is 0. The van der Waals surface area contributed by atoms with Crippen LogP contribution in [0.1, 0.15) is 23.5 Å². The van der Waals surface area contributed by atoms with Crippen LogP contribution in [-0.4, -0.2) is 30.1 Å². The molecule has 1 fully saturated rings. The van der Waals surface area contributed by atoms with E-state index >= 15 is 0 Å². The number of hydrogen-bond acceptors (Lipinski definition) is 2. The molecule has 16 heavy (non-hydrogen) atoms. The molecule has 3 rings (SSSR count). The lowest BCUT2D eigenvalue weighted by atomic mass is 9.77. The van der Waals surface area contributed by atoms with Crippen molar-refractivity contribution in [1.29, 1.82) is 0 Å². The summed E-state index contributed by atoms with van der Waals surface area (Å²) >= 11 is 0. The molecule has 0 amide bonds. The van der Waals surface area contributed by atoms with E-state index in [-0.39, 0.29) is 17.0 Å². The van der Waals surface area contributed by atoms with Crippen LogP contribution >= 0.6 is 17.0 Å². The molecule has 0 bridgehead atoms. The molecule has 1 aromatic rings. The van der Waals surface area contributed by atoms with E-state index in [2.05, 4.69) is 18.0 Å². The third-order valence-corrected chi connectivity index (χ3v) is 3.98. The molecular weight excluding hydrogens is 266 g/mol. The second-order valence-corrected chi connectivity index (χ2v) is 4.97. The molecule has 1 saturated heterocycles. The van der Waals surface area contributed by atoms with E-state index in [0.717, 1.165) is 18.9 Å². The van der Waals surface area contributed by atoms with Crippen molar-refractivity contribution in [2.75, 3.05) is 20.1 Å². The highest BCUT2D eigenvalue weighted by Crippen LogP contribution is 2.43. The third kappa shape index (κ3) is 1.76. The first-order chi connectivity index (χ1) is 7.25. The van der Waals surface area contributed by atoms with E-state index in [0.29, 0.717) is 11.7 Å². The minimum atomic E-state index is 0. The lowest BCUT2D eigenvalue weighted by Gasteiger charge is -2.27. The lowest BCUT2D eigenvalue weighted by Crippen LogP contribution is -2.18. The van der Waals surface area contributed by atoms with Crippen LogP contribution in [-0.2, 0) is 6.42 Å². The molecular formula is C13H18BrNO. The summed E-state index contributed by atoms with van der Waals surface area (Å²) in [7, 11) is 2.20. The molecule has 2 aliphatic rings. The van der Waals surface area contributed by atoms with Gasteiger partial charge in [-0.25, -0.2) is 0 Å². The SMILES string of the molecule is Br.CN1CC2CCc3c(O)cccc3C2C1. The van der Waals surface area contributed by atoms with Crippen molar-refractivity contribution < 1.29 is 5.11 Å². The summed E-state index contributed by atoms with van der Waals surface area (Å²) in [5.41, 5.74) is 2.60. The topological polar surface area (TPSA) is 23.5 Å². The van der Waals surface area contributed by atoms with Gasteiger partial charge >= 0.3 is 0 Å². The predicted octanol–water partition coefficient (Wildman–Crippen LogP) is 2.56. The van der Waals surface area contributed by atoms with Crippen LogP contribution in [0.15, 0.2) is 18.2 Å². The quantitative estimate of drug-likeness (QED) is 0.791. The maximum absolute atomic E-state index is 9.83. The fourth-order valence-electron chi connectivity index (χ4n) is 3.27. The largest absolute Gasteiger partial charge is 0.508 e. The molecule has 88 valence electrons. The van der Waals surface area contributed by atoms with Crippen molar-refractivity contribution in [2.45, 2.75) is 18.8 Å². The van der Waals surface area contributed by atoms with Gasteiger partial charge in [-0.1, -0.05) is 12.1 Å². The fraction of sp³-hybridized carbons (Fsp3) is 0.538. The van der Waals surface area contributed by atoms with Gasteiger partial charge in [-0.3, -0.25) is 0 Å². The molecule has 1 aromatic carbocycles. The van der Waals surface area contributed by atoms with Gasteiger partial charge in [0.05, 0.1) is 0 Å². The number of phenols is 1. The zero-order chi connectivity index (χ0) is 10.4. The third-order valence-electron chi connectivity index (χ3n) is 3.98. The van der Waals surface area contributed by atoms with Crippen molar-refractivity contribution in [3.05, 3.63) is 29.3 Å². The van der Waals surface area contributed by atoms with Gasteiger partial charge in [-0.15, -0.1) is 17.0 Å². The lowest BCUT2D eigenvalue weighted by molar-refractivity contribution is 0.384. The summed E-state index contributed by atoms with van der Waals surface area (Å²) in [6.07, 6.45) is 2.29. The van der Waals surface area contributed by atoms with Gasteiger partial charge < -0.3 is 10.0 Å². The molecule has 1 heterocycles. The van der Waals surface area contributed by atoms with Gasteiger partial charge in [0, 0.05) is 19.0 Å². The highest BCUT2D eigenvalue weighted by molar-refractivity contribution is 8.93. The maximum Gasteiger partial charge on any atom is 0.119 e. The van der Waals surface area contributed by atoms with Crippen LogP contribution in [0, 0.1) is 5.92 Å². The molecule has 0 saturated carbocycles. The Kier molecular flexibility index (Phi) is 3.27. The van der Waals surface area contributed by atoms with E-state index in [1.54, 1.807) is 0 Å². The molecule has 2 atom stereocenters. The summed E-state index contributed by atoms with van der Waals surface area (Å²) in [5, 5.41) is 9.83. The molecule has 0 aromatic heterocycles. The van der Waals surface area contributed by atoms with Crippen molar-refractivity contribution in [3.63, 3.8) is 0 Å². The number of halogens is 1. The van der Waals surface area contributed by atoms with Crippen LogP contribution in [0.5, 0.6) is 5.75 Å². The van der Waals surface area contributed by atoms with Crippen LogP contribution in [0.2, 0.25) is 0 Å². The van der Waals surface area contributed by atoms with Gasteiger partial charge in [0.25, 0.3) is 0 Å². The maximum atomic E-state index is 9.83. The van der Waals surface area contributed by atoms with Gasteiger partial charge in [0.2, 0.25) is 0 Å². The Morgan fingerprint density at radius 2 is 2.12 bits per heavy atom. The minimum Gasteiger partial charge on any atom is -0.508 e. The van der Waals surface area contributed by atoms with E-state index < -0.39 is 0 Å². The summed E-state index contributed by atoms with van der Waals surface area (Å²) in [6.45, 7) is 2.38. The molecule has 1 N–H and O–H groups in total. The molecule has 3 heteroatoms. The van der Waals surface area contributed by atoms with Gasteiger partial charge in [0.15, 0.2) is 0 Å². The molecule has 2 unspecified atom stereocenters. The second-order valence-electron chi connectivity index (χ2n) is 4.97. The monoisotopic (exact) mass is 283 g/mol. The van der Waals surface area contributed by atoms with E-state index in [1.807, 2.05) is 12.1 Å². The Labute approximate surface area is 107 Å². The first kappa shape index (κ1) is 11.9. The summed E-state index contributed by atoms with van der Waals surface area (Å²) in [5.74, 6) is 1.97. The zero-order valence-corrected chi connectivity index (χ0v) is 11.2. The summed E-state index contributed by atoms with van der Waals surface area (Å²) in [4.78, 5) is 2.41. The summed E-state index contributed by atoms with van der Waals surface area (Å²) < 4.78 is 0. The fourth-order valence-corrected chi connectivity index (χ4v) is 3.27. The number of nitrogens with zero attached hydrogens (tertiary/aromatic N) is 1. The van der Waals surface area contributed by atoms with E-state index in [9.17, 15) is 5.11 Å². The van der Waals surface area contributed by atoms with Crippen LogP contribution in [0.3, 0.4) is 0 Å². The number of rotatable bonds is 0. The Morgan fingerprint density at radius 3 is 2.94 bits per heavy atom. The Bertz CT molecular complexity index is 394. The van der Waals surface area contributed by atoms with E-state index in [1.165, 1.54) is 24.1 Å².